The van der Waals surface area contributed by atoms with E-state index in [1.54, 1.807) is 11.3 Å². The van der Waals surface area contributed by atoms with Crippen molar-refractivity contribution in [1.82, 2.24) is 15.0 Å². The summed E-state index contributed by atoms with van der Waals surface area (Å²) in [5.41, 5.74) is 0.899. The van der Waals surface area contributed by atoms with Crippen molar-refractivity contribution >= 4 is 28.8 Å². The summed E-state index contributed by atoms with van der Waals surface area (Å²) in [6.07, 6.45) is 4.23. The quantitative estimate of drug-likeness (QED) is 0.858. The van der Waals surface area contributed by atoms with Crippen LogP contribution in [0.1, 0.15) is 53.0 Å². The van der Waals surface area contributed by atoms with E-state index in [9.17, 15) is 0 Å². The van der Waals surface area contributed by atoms with Gasteiger partial charge in [0.15, 0.2) is 0 Å². The lowest BCUT2D eigenvalue weighted by Gasteiger charge is -2.15. The standard InChI is InChI=1S/C14H17ClN4S/c1-7-6-16-14(20-7)9(3)17-12-8(2)11(15)18-13(19-12)10-4-5-10/h6,9-10H,4-5H2,1-3H3,(H,17,18,19). The van der Waals surface area contributed by atoms with E-state index in [-0.39, 0.29) is 6.04 Å². The highest BCUT2D eigenvalue weighted by Crippen LogP contribution is 2.39. The third-order valence-corrected chi connectivity index (χ3v) is 4.87. The Morgan fingerprint density at radius 2 is 2.10 bits per heavy atom. The van der Waals surface area contributed by atoms with Gasteiger partial charge in [0.2, 0.25) is 0 Å². The molecule has 1 aliphatic rings. The van der Waals surface area contributed by atoms with Gasteiger partial charge < -0.3 is 5.32 Å². The van der Waals surface area contributed by atoms with Gasteiger partial charge in [0.1, 0.15) is 21.8 Å². The van der Waals surface area contributed by atoms with E-state index in [1.807, 2.05) is 13.1 Å². The molecule has 0 bridgehead atoms. The number of hydrogen-bond acceptors (Lipinski definition) is 5. The van der Waals surface area contributed by atoms with Crippen molar-refractivity contribution in [2.45, 2.75) is 45.6 Å². The molecular formula is C14H17ClN4S. The zero-order chi connectivity index (χ0) is 14.3. The van der Waals surface area contributed by atoms with Crippen molar-refractivity contribution in [2.24, 2.45) is 0 Å². The molecule has 2 aromatic rings. The molecule has 0 aromatic carbocycles. The van der Waals surface area contributed by atoms with Crippen LogP contribution in [0.25, 0.3) is 0 Å². The maximum absolute atomic E-state index is 6.22. The summed E-state index contributed by atoms with van der Waals surface area (Å²) < 4.78 is 0. The van der Waals surface area contributed by atoms with E-state index in [1.165, 1.54) is 17.7 Å². The molecule has 1 fully saturated rings. The van der Waals surface area contributed by atoms with E-state index in [0.717, 1.165) is 22.2 Å². The Bertz CT molecular complexity index is 636. The molecule has 1 N–H and O–H groups in total. The monoisotopic (exact) mass is 308 g/mol. The fraction of sp³-hybridized carbons (Fsp3) is 0.500. The van der Waals surface area contributed by atoms with Crippen LogP contribution in [0.4, 0.5) is 5.82 Å². The first kappa shape index (κ1) is 13.8. The summed E-state index contributed by atoms with van der Waals surface area (Å²) >= 11 is 7.92. The molecule has 1 saturated carbocycles. The highest BCUT2D eigenvalue weighted by atomic mass is 35.5. The lowest BCUT2D eigenvalue weighted by atomic mass is 10.3. The van der Waals surface area contributed by atoms with Gasteiger partial charge in [-0.3, -0.25) is 0 Å². The first-order valence-electron chi connectivity index (χ1n) is 6.77. The van der Waals surface area contributed by atoms with E-state index in [4.69, 9.17) is 11.6 Å². The molecule has 1 unspecified atom stereocenters. The molecule has 1 aliphatic carbocycles. The summed E-state index contributed by atoms with van der Waals surface area (Å²) in [4.78, 5) is 14.6. The molecule has 2 aromatic heterocycles. The topological polar surface area (TPSA) is 50.7 Å². The number of thiazole rings is 1. The Kier molecular flexibility index (Phi) is 3.65. The van der Waals surface area contributed by atoms with Gasteiger partial charge in [-0.05, 0) is 33.6 Å². The minimum absolute atomic E-state index is 0.116. The molecule has 3 rings (SSSR count). The number of nitrogens with one attached hydrogen (secondary N) is 1. The number of hydrogen-bond donors (Lipinski definition) is 1. The van der Waals surface area contributed by atoms with Crippen molar-refractivity contribution in [3.8, 4) is 0 Å². The molecule has 20 heavy (non-hydrogen) atoms. The number of halogens is 1. The van der Waals surface area contributed by atoms with Crippen LogP contribution in [0.2, 0.25) is 5.15 Å². The molecule has 0 aliphatic heterocycles. The van der Waals surface area contributed by atoms with Crippen LogP contribution in [-0.2, 0) is 0 Å². The van der Waals surface area contributed by atoms with E-state index >= 15 is 0 Å². The Hall–Kier alpha value is -1.20. The summed E-state index contributed by atoms with van der Waals surface area (Å²) in [6, 6.07) is 0.116. The summed E-state index contributed by atoms with van der Waals surface area (Å²) in [5, 5.41) is 5.02. The van der Waals surface area contributed by atoms with Crippen LogP contribution in [0.15, 0.2) is 6.20 Å². The fourth-order valence-electron chi connectivity index (χ4n) is 2.01. The molecule has 0 radical (unpaired) electrons. The van der Waals surface area contributed by atoms with Crippen molar-refractivity contribution in [3.05, 3.63) is 32.6 Å². The van der Waals surface area contributed by atoms with Crippen LogP contribution in [-0.4, -0.2) is 15.0 Å². The Morgan fingerprint density at radius 3 is 2.70 bits per heavy atom. The van der Waals surface area contributed by atoms with Gasteiger partial charge in [-0.1, -0.05) is 11.6 Å². The SMILES string of the molecule is Cc1cnc(C(C)Nc2nc(C3CC3)nc(Cl)c2C)s1. The number of aromatic nitrogens is 3. The van der Waals surface area contributed by atoms with Gasteiger partial charge in [-0.15, -0.1) is 11.3 Å². The number of rotatable bonds is 4. The largest absolute Gasteiger partial charge is 0.361 e. The van der Waals surface area contributed by atoms with Gasteiger partial charge in [-0.2, -0.15) is 0 Å². The molecule has 106 valence electrons. The van der Waals surface area contributed by atoms with E-state index in [0.29, 0.717) is 11.1 Å². The maximum Gasteiger partial charge on any atom is 0.137 e. The minimum atomic E-state index is 0.116. The van der Waals surface area contributed by atoms with Crippen molar-refractivity contribution in [1.29, 1.82) is 0 Å². The highest BCUT2D eigenvalue weighted by molar-refractivity contribution is 7.11. The van der Waals surface area contributed by atoms with Gasteiger partial charge in [0, 0.05) is 22.6 Å². The number of aryl methyl sites for hydroxylation is 1. The predicted molar refractivity (Wildman–Crippen MR) is 82.6 cm³/mol. The average molecular weight is 309 g/mol. The van der Waals surface area contributed by atoms with Crippen LogP contribution >= 0.6 is 22.9 Å². The van der Waals surface area contributed by atoms with Gasteiger partial charge in [0.05, 0.1) is 6.04 Å². The molecule has 2 heterocycles. The summed E-state index contributed by atoms with van der Waals surface area (Å²) in [6.45, 7) is 6.09. The van der Waals surface area contributed by atoms with Crippen molar-refractivity contribution < 1.29 is 0 Å². The third-order valence-electron chi connectivity index (χ3n) is 3.41. The highest BCUT2D eigenvalue weighted by Gasteiger charge is 2.28. The molecule has 0 spiro atoms. The second-order valence-electron chi connectivity index (χ2n) is 5.30. The lowest BCUT2D eigenvalue weighted by Crippen LogP contribution is -2.11. The first-order valence-corrected chi connectivity index (χ1v) is 7.97. The zero-order valence-electron chi connectivity index (χ0n) is 11.8. The predicted octanol–water partition coefficient (Wildman–Crippen LogP) is 4.25. The van der Waals surface area contributed by atoms with Crippen molar-refractivity contribution in [2.75, 3.05) is 5.32 Å². The fourth-order valence-corrected chi connectivity index (χ4v) is 2.96. The second kappa shape index (κ2) is 5.30. The van der Waals surface area contributed by atoms with E-state index < -0.39 is 0 Å². The molecular weight excluding hydrogens is 292 g/mol. The zero-order valence-corrected chi connectivity index (χ0v) is 13.3. The first-order chi connectivity index (χ1) is 9.54. The van der Waals surface area contributed by atoms with Gasteiger partial charge in [-0.25, -0.2) is 15.0 Å². The minimum Gasteiger partial charge on any atom is -0.361 e. The smallest absolute Gasteiger partial charge is 0.137 e. The van der Waals surface area contributed by atoms with Crippen molar-refractivity contribution in [3.63, 3.8) is 0 Å². The summed E-state index contributed by atoms with van der Waals surface area (Å²) in [7, 11) is 0. The van der Waals surface area contributed by atoms with Crippen LogP contribution in [0.3, 0.4) is 0 Å². The number of anilines is 1. The lowest BCUT2D eigenvalue weighted by molar-refractivity contribution is 0.839. The second-order valence-corrected chi connectivity index (χ2v) is 6.92. The van der Waals surface area contributed by atoms with Gasteiger partial charge >= 0.3 is 0 Å². The Morgan fingerprint density at radius 1 is 1.35 bits per heavy atom. The molecule has 6 heteroatoms. The molecule has 0 saturated heterocycles. The van der Waals surface area contributed by atoms with Crippen LogP contribution in [0, 0.1) is 13.8 Å². The van der Waals surface area contributed by atoms with Gasteiger partial charge in [0.25, 0.3) is 0 Å². The van der Waals surface area contributed by atoms with E-state index in [2.05, 4.69) is 34.1 Å². The summed E-state index contributed by atoms with van der Waals surface area (Å²) in [5.74, 6) is 2.18. The average Bonchev–Trinajstić information content (AvgIpc) is 3.16. The maximum atomic E-state index is 6.22. The number of nitrogens with zero attached hydrogens (tertiary/aromatic N) is 3. The molecule has 1 atom stereocenters. The normalized spacial score (nSPS) is 16.2. The molecule has 4 nitrogen and oxygen atoms in total. The Labute approximate surface area is 127 Å². The third kappa shape index (κ3) is 2.79. The Balaban J connectivity index is 1.85. The molecule has 0 amide bonds. The van der Waals surface area contributed by atoms with Crippen LogP contribution < -0.4 is 5.32 Å². The van der Waals surface area contributed by atoms with Crippen LogP contribution in [0.5, 0.6) is 0 Å².